The molecule has 0 saturated heterocycles. The van der Waals surface area contributed by atoms with Gasteiger partial charge in [0.2, 0.25) is 5.91 Å². The predicted molar refractivity (Wildman–Crippen MR) is 57.9 cm³/mol. The van der Waals surface area contributed by atoms with Crippen LogP contribution in [0.3, 0.4) is 0 Å². The number of hydrogen-bond donors (Lipinski definition) is 2. The molecular formula is C11H23NO2. The molecule has 0 aliphatic rings. The lowest BCUT2D eigenvalue weighted by Crippen LogP contribution is -2.46. The monoisotopic (exact) mass is 201 g/mol. The van der Waals surface area contributed by atoms with Crippen molar-refractivity contribution in [2.75, 3.05) is 6.54 Å². The molecular weight excluding hydrogens is 178 g/mol. The van der Waals surface area contributed by atoms with Crippen molar-refractivity contribution in [1.82, 2.24) is 5.32 Å². The maximum absolute atomic E-state index is 11.3. The first-order valence-electron chi connectivity index (χ1n) is 5.31. The van der Waals surface area contributed by atoms with Gasteiger partial charge < -0.3 is 10.4 Å². The van der Waals surface area contributed by atoms with Crippen LogP contribution in [0.15, 0.2) is 0 Å². The molecule has 3 heteroatoms. The van der Waals surface area contributed by atoms with Crippen molar-refractivity contribution >= 4 is 5.91 Å². The van der Waals surface area contributed by atoms with E-state index < -0.39 is 5.60 Å². The molecule has 0 aromatic carbocycles. The molecule has 0 heterocycles. The van der Waals surface area contributed by atoms with E-state index in [0.717, 1.165) is 6.42 Å². The highest BCUT2D eigenvalue weighted by atomic mass is 16.3. The summed E-state index contributed by atoms with van der Waals surface area (Å²) in [4.78, 5) is 11.3. The summed E-state index contributed by atoms with van der Waals surface area (Å²) in [6, 6.07) is 0. The molecule has 2 atom stereocenters. The van der Waals surface area contributed by atoms with Gasteiger partial charge >= 0.3 is 0 Å². The number of aliphatic hydroxyl groups is 1. The minimum atomic E-state index is -0.806. The van der Waals surface area contributed by atoms with Gasteiger partial charge in [0.05, 0.1) is 5.60 Å². The number of amides is 1. The molecule has 2 N–H and O–H groups in total. The van der Waals surface area contributed by atoms with Gasteiger partial charge in [-0.15, -0.1) is 0 Å². The summed E-state index contributed by atoms with van der Waals surface area (Å²) in [6.07, 6.45) is 0.907. The molecule has 0 radical (unpaired) electrons. The maximum Gasteiger partial charge on any atom is 0.222 e. The van der Waals surface area contributed by atoms with Gasteiger partial charge in [0.1, 0.15) is 0 Å². The van der Waals surface area contributed by atoms with Gasteiger partial charge in [-0.05, 0) is 12.8 Å². The Hall–Kier alpha value is -0.570. The van der Waals surface area contributed by atoms with Crippen molar-refractivity contribution in [3.63, 3.8) is 0 Å². The standard InChI is InChI=1S/C11H23NO2/c1-6-9(4)11(5,14)7-12-10(13)8(2)3/h8-9,14H,6-7H2,1-5H3,(H,12,13). The minimum Gasteiger partial charge on any atom is -0.388 e. The zero-order valence-corrected chi connectivity index (χ0v) is 9.92. The van der Waals surface area contributed by atoms with Crippen LogP contribution in [0.1, 0.15) is 41.0 Å². The summed E-state index contributed by atoms with van der Waals surface area (Å²) >= 11 is 0. The average Bonchev–Trinajstić information content (AvgIpc) is 2.12. The summed E-state index contributed by atoms with van der Waals surface area (Å²) in [5, 5.41) is 12.7. The van der Waals surface area contributed by atoms with E-state index in [9.17, 15) is 9.90 Å². The van der Waals surface area contributed by atoms with E-state index >= 15 is 0 Å². The van der Waals surface area contributed by atoms with E-state index in [0.29, 0.717) is 6.54 Å². The predicted octanol–water partition coefficient (Wildman–Crippen LogP) is 1.56. The van der Waals surface area contributed by atoms with Crippen LogP contribution in [-0.4, -0.2) is 23.2 Å². The van der Waals surface area contributed by atoms with Crippen molar-refractivity contribution in [2.45, 2.75) is 46.6 Å². The second kappa shape index (κ2) is 5.35. The van der Waals surface area contributed by atoms with Gasteiger partial charge in [-0.25, -0.2) is 0 Å². The van der Waals surface area contributed by atoms with Crippen LogP contribution in [0.2, 0.25) is 0 Å². The van der Waals surface area contributed by atoms with Gasteiger partial charge in [-0.3, -0.25) is 4.79 Å². The van der Waals surface area contributed by atoms with Crippen molar-refractivity contribution in [2.24, 2.45) is 11.8 Å². The Morgan fingerprint density at radius 3 is 2.29 bits per heavy atom. The quantitative estimate of drug-likeness (QED) is 0.709. The molecule has 2 unspecified atom stereocenters. The number of carbonyl (C=O) groups excluding carboxylic acids is 1. The number of hydrogen-bond acceptors (Lipinski definition) is 2. The van der Waals surface area contributed by atoms with Crippen LogP contribution >= 0.6 is 0 Å². The molecule has 14 heavy (non-hydrogen) atoms. The fourth-order valence-corrected chi connectivity index (χ4v) is 1.08. The average molecular weight is 201 g/mol. The smallest absolute Gasteiger partial charge is 0.222 e. The van der Waals surface area contributed by atoms with Crippen molar-refractivity contribution in [3.05, 3.63) is 0 Å². The molecule has 0 aromatic rings. The number of rotatable bonds is 5. The molecule has 0 rings (SSSR count). The molecule has 0 aromatic heterocycles. The Kier molecular flexibility index (Phi) is 5.13. The Morgan fingerprint density at radius 2 is 1.93 bits per heavy atom. The lowest BCUT2D eigenvalue weighted by molar-refractivity contribution is -0.125. The third-order valence-corrected chi connectivity index (χ3v) is 2.82. The van der Waals surface area contributed by atoms with Crippen LogP contribution in [0.5, 0.6) is 0 Å². The van der Waals surface area contributed by atoms with E-state index in [2.05, 4.69) is 5.32 Å². The van der Waals surface area contributed by atoms with Crippen LogP contribution < -0.4 is 5.32 Å². The maximum atomic E-state index is 11.3. The van der Waals surface area contributed by atoms with Gasteiger partial charge in [-0.1, -0.05) is 34.1 Å². The van der Waals surface area contributed by atoms with E-state index in [-0.39, 0.29) is 17.7 Å². The van der Waals surface area contributed by atoms with Gasteiger partial charge in [0, 0.05) is 12.5 Å². The van der Waals surface area contributed by atoms with Crippen molar-refractivity contribution < 1.29 is 9.90 Å². The zero-order chi connectivity index (χ0) is 11.4. The van der Waals surface area contributed by atoms with E-state index in [4.69, 9.17) is 0 Å². The van der Waals surface area contributed by atoms with E-state index in [1.165, 1.54) is 0 Å². The highest BCUT2D eigenvalue weighted by molar-refractivity contribution is 5.77. The number of nitrogens with one attached hydrogen (secondary N) is 1. The van der Waals surface area contributed by atoms with Gasteiger partial charge in [-0.2, -0.15) is 0 Å². The summed E-state index contributed by atoms with van der Waals surface area (Å²) in [7, 11) is 0. The minimum absolute atomic E-state index is 0.00595. The third-order valence-electron chi connectivity index (χ3n) is 2.82. The Balaban J connectivity index is 4.05. The Morgan fingerprint density at radius 1 is 1.43 bits per heavy atom. The lowest BCUT2D eigenvalue weighted by atomic mass is 9.88. The normalized spacial score (nSPS) is 17.6. The van der Waals surface area contributed by atoms with E-state index in [1.807, 2.05) is 27.7 Å². The first-order chi connectivity index (χ1) is 6.31. The lowest BCUT2D eigenvalue weighted by Gasteiger charge is -2.30. The van der Waals surface area contributed by atoms with Crippen LogP contribution in [0.4, 0.5) is 0 Å². The number of carbonyl (C=O) groups is 1. The zero-order valence-electron chi connectivity index (χ0n) is 9.92. The molecule has 0 aliphatic heterocycles. The van der Waals surface area contributed by atoms with Crippen molar-refractivity contribution in [1.29, 1.82) is 0 Å². The molecule has 0 bridgehead atoms. The molecule has 3 nitrogen and oxygen atoms in total. The fraction of sp³-hybridized carbons (Fsp3) is 0.909. The second-order valence-corrected chi connectivity index (χ2v) is 4.54. The van der Waals surface area contributed by atoms with E-state index in [1.54, 1.807) is 6.92 Å². The summed E-state index contributed by atoms with van der Waals surface area (Å²) in [5.41, 5.74) is -0.806. The summed E-state index contributed by atoms with van der Waals surface area (Å²) in [6.45, 7) is 9.80. The van der Waals surface area contributed by atoms with Crippen LogP contribution in [0, 0.1) is 11.8 Å². The molecule has 0 spiro atoms. The van der Waals surface area contributed by atoms with Gasteiger partial charge in [0.15, 0.2) is 0 Å². The highest BCUT2D eigenvalue weighted by Crippen LogP contribution is 2.18. The third kappa shape index (κ3) is 4.09. The van der Waals surface area contributed by atoms with Crippen LogP contribution in [0.25, 0.3) is 0 Å². The summed E-state index contributed by atoms with van der Waals surface area (Å²) in [5.74, 6) is 0.159. The molecule has 84 valence electrons. The fourth-order valence-electron chi connectivity index (χ4n) is 1.08. The summed E-state index contributed by atoms with van der Waals surface area (Å²) < 4.78 is 0. The highest BCUT2D eigenvalue weighted by Gasteiger charge is 2.27. The first-order valence-corrected chi connectivity index (χ1v) is 5.31. The molecule has 1 amide bonds. The SMILES string of the molecule is CCC(C)C(C)(O)CNC(=O)C(C)C. The van der Waals surface area contributed by atoms with Crippen LogP contribution in [-0.2, 0) is 4.79 Å². The Labute approximate surface area is 86.9 Å². The first kappa shape index (κ1) is 13.4. The molecule has 0 aliphatic carbocycles. The second-order valence-electron chi connectivity index (χ2n) is 4.54. The molecule has 0 saturated carbocycles. The Bertz CT molecular complexity index is 188. The molecule has 0 fully saturated rings. The van der Waals surface area contributed by atoms with Crippen molar-refractivity contribution in [3.8, 4) is 0 Å². The van der Waals surface area contributed by atoms with Gasteiger partial charge in [0.25, 0.3) is 0 Å². The largest absolute Gasteiger partial charge is 0.388 e. The topological polar surface area (TPSA) is 49.3 Å².